The number of halogens is 2. The molecule has 0 aromatic heterocycles. The van der Waals surface area contributed by atoms with Crippen LogP contribution in [0.15, 0.2) is 12.2 Å². The van der Waals surface area contributed by atoms with E-state index in [-0.39, 0.29) is 17.7 Å². The van der Waals surface area contributed by atoms with Crippen molar-refractivity contribution in [1.82, 2.24) is 14.7 Å². The minimum absolute atomic E-state index is 0.0934. The molecule has 7 nitrogen and oxygen atoms in total. The molecular weight excluding hydrogens is 408 g/mol. The summed E-state index contributed by atoms with van der Waals surface area (Å²) in [5.41, 5.74) is -0.631. The number of alkyl halides is 2. The van der Waals surface area contributed by atoms with E-state index in [0.29, 0.717) is 26.1 Å². The number of carbonyl (C=O) groups excluding carboxylic acids is 3. The Labute approximate surface area is 183 Å². The summed E-state index contributed by atoms with van der Waals surface area (Å²) in [6.45, 7) is 9.76. The third kappa shape index (κ3) is 6.98. The number of nitrogens with zero attached hydrogens (tertiary/aromatic N) is 3. The lowest BCUT2D eigenvalue weighted by atomic mass is 9.99. The Balaban J connectivity index is 1.86. The zero-order valence-electron chi connectivity index (χ0n) is 19.4. The largest absolute Gasteiger partial charge is 0.458 e. The van der Waals surface area contributed by atoms with E-state index in [1.165, 1.54) is 11.0 Å². The zero-order valence-corrected chi connectivity index (χ0v) is 19.4. The van der Waals surface area contributed by atoms with Crippen molar-refractivity contribution < 1.29 is 27.9 Å². The van der Waals surface area contributed by atoms with Crippen LogP contribution in [0.3, 0.4) is 0 Å². The van der Waals surface area contributed by atoms with Gasteiger partial charge < -0.3 is 14.5 Å². The van der Waals surface area contributed by atoms with E-state index in [9.17, 15) is 23.2 Å². The molecule has 1 unspecified atom stereocenters. The lowest BCUT2D eigenvalue weighted by molar-refractivity contribution is -0.166. The predicted molar refractivity (Wildman–Crippen MR) is 112 cm³/mol. The Hall–Kier alpha value is -2.03. The minimum atomic E-state index is -2.77. The van der Waals surface area contributed by atoms with E-state index < -0.39 is 42.5 Å². The molecule has 2 heterocycles. The van der Waals surface area contributed by atoms with Crippen LogP contribution >= 0.6 is 0 Å². The Bertz CT molecular complexity index is 710. The maximum absolute atomic E-state index is 13.0. The quantitative estimate of drug-likeness (QED) is 0.446. The molecule has 2 atom stereocenters. The molecule has 2 aliphatic heterocycles. The fraction of sp³-hybridized carbons (Fsp3) is 0.773. The molecule has 2 rings (SSSR count). The van der Waals surface area contributed by atoms with E-state index in [4.69, 9.17) is 4.74 Å². The second-order valence-electron chi connectivity index (χ2n) is 9.87. The number of likely N-dealkylation sites (N-methyl/N-ethyl adjacent to an activating group) is 1. The van der Waals surface area contributed by atoms with Gasteiger partial charge in [0.2, 0.25) is 11.8 Å². The van der Waals surface area contributed by atoms with Gasteiger partial charge in [0.25, 0.3) is 5.92 Å². The van der Waals surface area contributed by atoms with Crippen molar-refractivity contribution in [2.24, 2.45) is 11.8 Å². The van der Waals surface area contributed by atoms with E-state index in [0.717, 1.165) is 4.90 Å². The standard InChI is InChI=1S/C22H35F2N3O4/c1-15(2)18(20(30)31-21(3,4)5)25(6)19(29)16-9-11-26(12-16)10-7-8-17(28)27-13-22(23,24)14-27/h7-8,15-16,18H,9-14H2,1-6H3/b8-7+/t16-,18?/m0/s1. The third-order valence-corrected chi connectivity index (χ3v) is 5.45. The first kappa shape index (κ1) is 25.2. The van der Waals surface area contributed by atoms with Crippen molar-refractivity contribution in [3.63, 3.8) is 0 Å². The molecule has 0 saturated carbocycles. The van der Waals surface area contributed by atoms with Crippen LogP contribution in [0, 0.1) is 11.8 Å². The van der Waals surface area contributed by atoms with Crippen LogP contribution < -0.4 is 0 Å². The summed E-state index contributed by atoms with van der Waals surface area (Å²) in [4.78, 5) is 42.1. The van der Waals surface area contributed by atoms with E-state index >= 15 is 0 Å². The highest BCUT2D eigenvalue weighted by molar-refractivity contribution is 5.88. The zero-order chi connectivity index (χ0) is 23.6. The number of hydrogen-bond acceptors (Lipinski definition) is 5. The van der Waals surface area contributed by atoms with Crippen molar-refractivity contribution >= 4 is 17.8 Å². The van der Waals surface area contributed by atoms with Crippen LogP contribution in [0.25, 0.3) is 0 Å². The number of rotatable bonds is 7. The van der Waals surface area contributed by atoms with Crippen molar-refractivity contribution in [3.8, 4) is 0 Å². The van der Waals surface area contributed by atoms with Gasteiger partial charge in [-0.05, 0) is 39.7 Å². The molecule has 176 valence electrons. The van der Waals surface area contributed by atoms with Crippen molar-refractivity contribution in [1.29, 1.82) is 0 Å². The maximum atomic E-state index is 13.0. The van der Waals surface area contributed by atoms with E-state index in [2.05, 4.69) is 0 Å². The van der Waals surface area contributed by atoms with Gasteiger partial charge in [-0.1, -0.05) is 19.9 Å². The van der Waals surface area contributed by atoms with Gasteiger partial charge in [0.05, 0.1) is 19.0 Å². The highest BCUT2D eigenvalue weighted by Crippen LogP contribution is 2.27. The maximum Gasteiger partial charge on any atom is 0.329 e. The molecule has 0 bridgehead atoms. The molecule has 2 amide bonds. The lowest BCUT2D eigenvalue weighted by Crippen LogP contribution is -2.58. The molecule has 2 saturated heterocycles. The number of amides is 2. The summed E-state index contributed by atoms with van der Waals surface area (Å²) in [6, 6.07) is -0.659. The van der Waals surface area contributed by atoms with E-state index in [1.807, 2.05) is 18.7 Å². The first-order valence-electron chi connectivity index (χ1n) is 10.8. The van der Waals surface area contributed by atoms with Crippen LogP contribution in [0.4, 0.5) is 8.78 Å². The second-order valence-corrected chi connectivity index (χ2v) is 9.87. The van der Waals surface area contributed by atoms with Crippen LogP contribution in [-0.4, -0.2) is 89.8 Å². The first-order valence-corrected chi connectivity index (χ1v) is 10.8. The van der Waals surface area contributed by atoms with Gasteiger partial charge in [-0.25, -0.2) is 13.6 Å². The molecule has 2 fully saturated rings. The number of hydrogen-bond donors (Lipinski definition) is 0. The molecule has 31 heavy (non-hydrogen) atoms. The molecule has 0 aromatic carbocycles. The van der Waals surface area contributed by atoms with Gasteiger partial charge >= 0.3 is 5.97 Å². The number of carbonyl (C=O) groups is 3. The van der Waals surface area contributed by atoms with Gasteiger partial charge in [0.15, 0.2) is 0 Å². The Morgan fingerprint density at radius 1 is 1.23 bits per heavy atom. The van der Waals surface area contributed by atoms with Gasteiger partial charge in [0.1, 0.15) is 11.6 Å². The average molecular weight is 444 g/mol. The molecule has 0 aromatic rings. The number of ether oxygens (including phenoxy) is 1. The summed E-state index contributed by atoms with van der Waals surface area (Å²) in [5, 5.41) is 0. The fourth-order valence-corrected chi connectivity index (χ4v) is 3.94. The molecule has 0 N–H and O–H groups in total. The van der Waals surface area contributed by atoms with Crippen LogP contribution in [0.1, 0.15) is 41.0 Å². The smallest absolute Gasteiger partial charge is 0.329 e. The third-order valence-electron chi connectivity index (χ3n) is 5.45. The summed E-state index contributed by atoms with van der Waals surface area (Å²) >= 11 is 0. The molecule has 9 heteroatoms. The Kier molecular flexibility index (Phi) is 7.84. The van der Waals surface area contributed by atoms with Crippen LogP contribution in [-0.2, 0) is 19.1 Å². The van der Waals surface area contributed by atoms with Crippen molar-refractivity contribution in [2.45, 2.75) is 58.6 Å². The van der Waals surface area contributed by atoms with Crippen molar-refractivity contribution in [3.05, 3.63) is 12.2 Å². The number of esters is 1. The molecule has 0 radical (unpaired) electrons. The topological polar surface area (TPSA) is 70.2 Å². The summed E-state index contributed by atoms with van der Waals surface area (Å²) in [7, 11) is 1.64. The summed E-state index contributed by atoms with van der Waals surface area (Å²) in [6.07, 6.45) is 3.61. The highest BCUT2D eigenvalue weighted by atomic mass is 19.3. The predicted octanol–water partition coefficient (Wildman–Crippen LogP) is 2.17. The first-order chi connectivity index (χ1) is 14.2. The molecule has 0 spiro atoms. The SMILES string of the molecule is CC(C)C(C(=O)OC(C)(C)C)N(C)C(=O)[C@H]1CCN(C/C=C/C(=O)N2CC(F)(F)C2)C1. The number of likely N-dealkylation sites (tertiary alicyclic amines) is 2. The Morgan fingerprint density at radius 3 is 2.35 bits per heavy atom. The summed E-state index contributed by atoms with van der Waals surface area (Å²) < 4.78 is 31.2. The van der Waals surface area contributed by atoms with E-state index in [1.54, 1.807) is 33.9 Å². The van der Waals surface area contributed by atoms with Crippen LogP contribution in [0.2, 0.25) is 0 Å². The highest BCUT2D eigenvalue weighted by Gasteiger charge is 2.45. The van der Waals surface area contributed by atoms with Crippen molar-refractivity contribution in [2.75, 3.05) is 39.8 Å². The monoisotopic (exact) mass is 443 g/mol. The van der Waals surface area contributed by atoms with Crippen LogP contribution in [0.5, 0.6) is 0 Å². The average Bonchev–Trinajstić information content (AvgIpc) is 3.05. The summed E-state index contributed by atoms with van der Waals surface area (Å²) in [5.74, 6) is -4.04. The van der Waals surface area contributed by atoms with Gasteiger partial charge in [-0.2, -0.15) is 0 Å². The second kappa shape index (κ2) is 9.63. The van der Waals surface area contributed by atoms with Gasteiger partial charge in [0, 0.05) is 26.2 Å². The fourth-order valence-electron chi connectivity index (χ4n) is 3.94. The normalized spacial score (nSPS) is 22.5. The van der Waals surface area contributed by atoms with Gasteiger partial charge in [-0.3, -0.25) is 14.5 Å². The van der Waals surface area contributed by atoms with Gasteiger partial charge in [-0.15, -0.1) is 0 Å². The molecule has 0 aliphatic carbocycles. The lowest BCUT2D eigenvalue weighted by Gasteiger charge is -2.37. The molecular formula is C22H35F2N3O4. The molecule has 2 aliphatic rings. The minimum Gasteiger partial charge on any atom is -0.458 e. The Morgan fingerprint density at radius 2 is 1.84 bits per heavy atom.